The van der Waals surface area contributed by atoms with Gasteiger partial charge in [0, 0.05) is 11.5 Å². The normalized spacial score (nSPS) is 24.5. The molecule has 3 heterocycles. The first-order chi connectivity index (χ1) is 14.4. The number of thioether (sulfide) groups is 1. The van der Waals surface area contributed by atoms with Crippen molar-refractivity contribution >= 4 is 51.9 Å². The van der Waals surface area contributed by atoms with Gasteiger partial charge < -0.3 is 26.1 Å². The van der Waals surface area contributed by atoms with Crippen LogP contribution in [0.5, 0.6) is 0 Å². The predicted octanol–water partition coefficient (Wildman–Crippen LogP) is 0.0377. The van der Waals surface area contributed by atoms with Gasteiger partial charge in [0.25, 0.3) is 11.8 Å². The topological polar surface area (TPSA) is 180 Å². The van der Waals surface area contributed by atoms with Crippen LogP contribution in [0, 0.1) is 0 Å². The van der Waals surface area contributed by atoms with E-state index in [4.69, 9.17) is 10.6 Å². The van der Waals surface area contributed by atoms with Gasteiger partial charge in [-0.25, -0.2) is 4.79 Å². The number of nitrogens with zero attached hydrogens (tertiary/aromatic N) is 4. The highest BCUT2D eigenvalue weighted by molar-refractivity contribution is 8.00. The van der Waals surface area contributed by atoms with Gasteiger partial charge >= 0.3 is 5.97 Å². The minimum atomic E-state index is -1.41. The molecule has 2 fully saturated rings. The number of aliphatic hydroxyl groups excluding tert-OH is 1. The lowest BCUT2D eigenvalue weighted by Crippen LogP contribution is -2.71. The van der Waals surface area contributed by atoms with Crippen LogP contribution < -0.4 is 11.1 Å². The Morgan fingerprint density at radius 1 is 1.33 bits per heavy atom. The molecule has 0 aromatic carbocycles. The number of aliphatic hydroxyl groups is 1. The number of anilines is 1. The Labute approximate surface area is 178 Å². The van der Waals surface area contributed by atoms with Crippen molar-refractivity contribution in [2.24, 2.45) is 5.16 Å². The number of nitrogens with one attached hydrogen (secondary N) is 1. The molecule has 1 saturated carbocycles. The Hall–Kier alpha value is -2.87. The maximum atomic E-state index is 12.9. The number of aromatic nitrogens is 2. The molecule has 0 spiro atoms. The summed E-state index contributed by atoms with van der Waals surface area (Å²) in [6, 6.07) is -0.988. The maximum absolute atomic E-state index is 12.9. The van der Waals surface area contributed by atoms with E-state index in [1.54, 1.807) is 0 Å². The van der Waals surface area contributed by atoms with E-state index in [1.165, 1.54) is 0 Å². The van der Waals surface area contributed by atoms with Gasteiger partial charge in [0.1, 0.15) is 23.3 Å². The fourth-order valence-corrected chi connectivity index (χ4v) is 5.08. The molecule has 1 aliphatic carbocycles. The quantitative estimate of drug-likeness (QED) is 0.260. The van der Waals surface area contributed by atoms with Crippen LogP contribution in [0.4, 0.5) is 5.13 Å². The number of hydrogen-bond acceptors (Lipinski definition) is 11. The predicted molar refractivity (Wildman–Crippen MR) is 107 cm³/mol. The first kappa shape index (κ1) is 20.4. The zero-order chi connectivity index (χ0) is 21.4. The fraction of sp³-hybridized carbons (Fsp3) is 0.500. The van der Waals surface area contributed by atoms with Crippen molar-refractivity contribution in [3.63, 3.8) is 0 Å². The minimum Gasteiger partial charge on any atom is -0.509 e. The molecule has 0 radical (unpaired) electrons. The Bertz CT molecular complexity index is 956. The lowest BCUT2D eigenvalue weighted by Gasteiger charge is -2.48. The van der Waals surface area contributed by atoms with Crippen molar-refractivity contribution in [3.05, 3.63) is 17.3 Å². The summed E-state index contributed by atoms with van der Waals surface area (Å²) in [6.07, 6.45) is 3.58. The molecule has 1 aromatic rings. The Balaban J connectivity index is 1.51. The minimum absolute atomic E-state index is 0.0123. The molecule has 2 aliphatic heterocycles. The van der Waals surface area contributed by atoms with Gasteiger partial charge in [-0.05, 0) is 25.7 Å². The number of nitrogen functional groups attached to an aromatic ring is 1. The summed E-state index contributed by atoms with van der Waals surface area (Å²) >= 11 is 2.03. The highest BCUT2D eigenvalue weighted by Gasteiger charge is 2.54. The van der Waals surface area contributed by atoms with Crippen molar-refractivity contribution in [1.29, 1.82) is 0 Å². The number of carboxylic acid groups (broad SMARTS) is 1. The zero-order valence-corrected chi connectivity index (χ0v) is 17.1. The van der Waals surface area contributed by atoms with Gasteiger partial charge in [-0.15, -0.1) is 11.8 Å². The number of β-lactam (4-membered cyclic amide) rings is 1. The summed E-state index contributed by atoms with van der Waals surface area (Å²) in [5.41, 5.74) is 4.93. The summed E-state index contributed by atoms with van der Waals surface area (Å²) in [5, 5.41) is 25.0. The van der Waals surface area contributed by atoms with Crippen molar-refractivity contribution in [2.45, 2.75) is 43.2 Å². The number of hydrogen-bond donors (Lipinski definition) is 4. The molecule has 2 atom stereocenters. The van der Waals surface area contributed by atoms with Crippen molar-refractivity contribution < 1.29 is 29.4 Å². The van der Waals surface area contributed by atoms with Crippen molar-refractivity contribution in [3.8, 4) is 0 Å². The van der Waals surface area contributed by atoms with E-state index in [2.05, 4.69) is 19.8 Å². The fourth-order valence-electron chi connectivity index (χ4n) is 3.45. The van der Waals surface area contributed by atoms with Gasteiger partial charge in [0.2, 0.25) is 11.5 Å². The van der Waals surface area contributed by atoms with Crippen LogP contribution >= 0.6 is 23.3 Å². The number of aliphatic carboxylic acids is 1. The van der Waals surface area contributed by atoms with Gasteiger partial charge in [0.15, 0.2) is 10.8 Å². The standard InChI is InChI=1S/C16H18N6O6S2/c17-16-19-11(21-30-16)8(20-28-6-3-1-2-4-6)12(24)18-9-13(25)22-10(15(26)27)7(23)5-29-14(9)22/h6,9,14,23H,1-5H2,(H,18,24)(H,26,27)(H2,17,19,21)/t9?,14-/m1/s1. The molecule has 1 unspecified atom stereocenters. The van der Waals surface area contributed by atoms with Gasteiger partial charge in [-0.2, -0.15) is 9.36 Å². The van der Waals surface area contributed by atoms with Crippen molar-refractivity contribution in [2.75, 3.05) is 11.5 Å². The summed E-state index contributed by atoms with van der Waals surface area (Å²) < 4.78 is 3.99. The number of fused-ring (bicyclic) bond motifs is 1. The Morgan fingerprint density at radius 3 is 2.70 bits per heavy atom. The number of amides is 2. The zero-order valence-electron chi connectivity index (χ0n) is 15.5. The first-order valence-electron chi connectivity index (χ1n) is 9.11. The third kappa shape index (κ3) is 3.67. The number of nitrogens with two attached hydrogens (primary N) is 1. The monoisotopic (exact) mass is 454 g/mol. The van der Waals surface area contributed by atoms with E-state index in [1.807, 2.05) is 0 Å². The van der Waals surface area contributed by atoms with E-state index >= 15 is 0 Å². The van der Waals surface area contributed by atoms with Crippen LogP contribution in [-0.4, -0.2) is 71.2 Å². The molecule has 30 heavy (non-hydrogen) atoms. The molecule has 12 nitrogen and oxygen atoms in total. The third-order valence-electron chi connectivity index (χ3n) is 4.90. The van der Waals surface area contributed by atoms with Crippen molar-refractivity contribution in [1.82, 2.24) is 19.6 Å². The molecule has 2 amide bonds. The third-order valence-corrected chi connectivity index (χ3v) is 6.71. The van der Waals surface area contributed by atoms with E-state index in [-0.39, 0.29) is 28.5 Å². The van der Waals surface area contributed by atoms with Crippen LogP contribution in [0.15, 0.2) is 16.6 Å². The van der Waals surface area contributed by atoms with Gasteiger partial charge in [-0.3, -0.25) is 14.5 Å². The Morgan fingerprint density at radius 2 is 2.07 bits per heavy atom. The first-order valence-corrected chi connectivity index (χ1v) is 10.9. The molecule has 5 N–H and O–H groups in total. The second kappa shape index (κ2) is 8.10. The second-order valence-corrected chi connectivity index (χ2v) is 8.76. The van der Waals surface area contributed by atoms with Gasteiger partial charge in [-0.1, -0.05) is 5.16 Å². The molecule has 0 bridgehead atoms. The largest absolute Gasteiger partial charge is 0.509 e. The highest BCUT2D eigenvalue weighted by Crippen LogP contribution is 2.39. The SMILES string of the molecule is Nc1nc(C(=NOC2CCCC2)C(=O)NC2C(=O)N3C(C(=O)O)=C(O)CS[C@H]23)ns1. The number of carbonyl (C=O) groups is 3. The number of carbonyl (C=O) groups excluding carboxylic acids is 2. The molecule has 14 heteroatoms. The smallest absolute Gasteiger partial charge is 0.356 e. The highest BCUT2D eigenvalue weighted by atomic mass is 32.2. The van der Waals surface area contributed by atoms with Crippen LogP contribution in [-0.2, 0) is 19.2 Å². The maximum Gasteiger partial charge on any atom is 0.356 e. The summed E-state index contributed by atoms with van der Waals surface area (Å²) in [7, 11) is 0. The van der Waals surface area contributed by atoms with E-state index in [0.29, 0.717) is 0 Å². The molecule has 1 aromatic heterocycles. The number of rotatable bonds is 6. The van der Waals surface area contributed by atoms with Crippen LogP contribution in [0.25, 0.3) is 0 Å². The molecular formula is C16H18N6O6S2. The van der Waals surface area contributed by atoms with E-state index < -0.39 is 40.7 Å². The molecule has 160 valence electrons. The van der Waals surface area contributed by atoms with Crippen LogP contribution in [0.2, 0.25) is 0 Å². The second-order valence-electron chi connectivity index (χ2n) is 6.87. The molecule has 1 saturated heterocycles. The number of carboxylic acids is 1. The average molecular weight is 454 g/mol. The Kier molecular flexibility index (Phi) is 5.51. The van der Waals surface area contributed by atoms with E-state index in [9.17, 15) is 24.6 Å². The summed E-state index contributed by atoms with van der Waals surface area (Å²) in [6.45, 7) is 0. The average Bonchev–Trinajstić information content (AvgIpc) is 3.37. The number of oxime groups is 1. The summed E-state index contributed by atoms with van der Waals surface area (Å²) in [5.74, 6) is -3.19. The summed E-state index contributed by atoms with van der Waals surface area (Å²) in [4.78, 5) is 47.1. The molecular weight excluding hydrogens is 436 g/mol. The van der Waals surface area contributed by atoms with E-state index in [0.717, 1.165) is 53.9 Å². The van der Waals surface area contributed by atoms with Gasteiger partial charge in [0.05, 0.1) is 5.75 Å². The lowest BCUT2D eigenvalue weighted by atomic mass is 10.0. The van der Waals surface area contributed by atoms with Crippen LogP contribution in [0.1, 0.15) is 31.5 Å². The lowest BCUT2D eigenvalue weighted by molar-refractivity contribution is -0.150. The van der Waals surface area contributed by atoms with Crippen LogP contribution in [0.3, 0.4) is 0 Å². The molecule has 4 rings (SSSR count). The molecule has 3 aliphatic rings.